The first-order valence-electron chi connectivity index (χ1n) is 7.45. The molecule has 0 radical (unpaired) electrons. The summed E-state index contributed by atoms with van der Waals surface area (Å²) in [6.07, 6.45) is 0.857. The maximum absolute atomic E-state index is 6.04. The first-order valence-corrected chi connectivity index (χ1v) is 7.45. The molecule has 1 fully saturated rings. The SMILES string of the molecule is CNCCC#Cc1ccc(B2OC(C)(C)C(C)(C)O2)cc1. The molecule has 0 atom stereocenters. The van der Waals surface area contributed by atoms with Crippen LogP contribution in [0.1, 0.15) is 39.7 Å². The van der Waals surface area contributed by atoms with E-state index in [1.54, 1.807) is 0 Å². The van der Waals surface area contributed by atoms with Gasteiger partial charge in [-0.1, -0.05) is 24.0 Å². The molecule has 21 heavy (non-hydrogen) atoms. The molecule has 1 aromatic rings. The second-order valence-electron chi connectivity index (χ2n) is 6.37. The lowest BCUT2D eigenvalue weighted by Crippen LogP contribution is -2.41. The van der Waals surface area contributed by atoms with E-state index < -0.39 is 0 Å². The van der Waals surface area contributed by atoms with Gasteiger partial charge in [0.05, 0.1) is 11.2 Å². The molecule has 112 valence electrons. The largest absolute Gasteiger partial charge is 0.494 e. The number of rotatable bonds is 3. The highest BCUT2D eigenvalue weighted by Gasteiger charge is 2.51. The van der Waals surface area contributed by atoms with Crippen molar-refractivity contribution in [1.82, 2.24) is 5.32 Å². The Hall–Kier alpha value is -1.28. The minimum atomic E-state index is -0.304. The van der Waals surface area contributed by atoms with Gasteiger partial charge < -0.3 is 14.6 Å². The van der Waals surface area contributed by atoms with Gasteiger partial charge in [-0.15, -0.1) is 0 Å². The van der Waals surface area contributed by atoms with Gasteiger partial charge in [0.2, 0.25) is 0 Å². The van der Waals surface area contributed by atoms with Crippen molar-refractivity contribution in [2.45, 2.75) is 45.3 Å². The second-order valence-corrected chi connectivity index (χ2v) is 6.37. The van der Waals surface area contributed by atoms with Gasteiger partial charge in [-0.2, -0.15) is 0 Å². The zero-order valence-corrected chi connectivity index (χ0v) is 13.6. The van der Waals surface area contributed by atoms with Crippen LogP contribution in [0.5, 0.6) is 0 Å². The minimum absolute atomic E-state index is 0.302. The van der Waals surface area contributed by atoms with Crippen molar-refractivity contribution in [2.75, 3.05) is 13.6 Å². The Balaban J connectivity index is 2.05. The van der Waals surface area contributed by atoms with Crippen molar-refractivity contribution in [2.24, 2.45) is 0 Å². The first-order chi connectivity index (χ1) is 9.86. The van der Waals surface area contributed by atoms with E-state index in [9.17, 15) is 0 Å². The lowest BCUT2D eigenvalue weighted by molar-refractivity contribution is 0.00578. The fourth-order valence-corrected chi connectivity index (χ4v) is 2.05. The Morgan fingerprint density at radius 3 is 2.14 bits per heavy atom. The van der Waals surface area contributed by atoms with E-state index in [0.29, 0.717) is 0 Å². The van der Waals surface area contributed by atoms with Gasteiger partial charge in [0.15, 0.2) is 0 Å². The third-order valence-corrected chi connectivity index (χ3v) is 4.17. The number of nitrogens with one attached hydrogen (secondary N) is 1. The van der Waals surface area contributed by atoms with Gasteiger partial charge in [0.25, 0.3) is 0 Å². The molecule has 4 heteroatoms. The van der Waals surface area contributed by atoms with Crippen molar-refractivity contribution in [3.8, 4) is 11.8 Å². The molecule has 1 aliphatic heterocycles. The van der Waals surface area contributed by atoms with Gasteiger partial charge in [-0.05, 0) is 52.3 Å². The first kappa shape index (κ1) is 16.1. The summed E-state index contributed by atoms with van der Waals surface area (Å²) in [7, 11) is 1.63. The number of hydrogen-bond donors (Lipinski definition) is 1. The fraction of sp³-hybridized carbons (Fsp3) is 0.529. The normalized spacial score (nSPS) is 19.2. The van der Waals surface area contributed by atoms with Crippen LogP contribution in [0, 0.1) is 11.8 Å². The molecule has 1 aliphatic rings. The topological polar surface area (TPSA) is 30.5 Å². The third-order valence-electron chi connectivity index (χ3n) is 4.17. The van der Waals surface area contributed by atoms with E-state index in [-0.39, 0.29) is 18.3 Å². The van der Waals surface area contributed by atoms with Crippen LogP contribution in [-0.2, 0) is 9.31 Å². The highest BCUT2D eigenvalue weighted by molar-refractivity contribution is 6.62. The van der Waals surface area contributed by atoms with Crippen molar-refractivity contribution < 1.29 is 9.31 Å². The van der Waals surface area contributed by atoms with Crippen LogP contribution in [0.4, 0.5) is 0 Å². The Morgan fingerprint density at radius 1 is 1.05 bits per heavy atom. The molecule has 0 spiro atoms. The van der Waals surface area contributed by atoms with Crippen LogP contribution in [0.25, 0.3) is 0 Å². The zero-order chi connectivity index (χ0) is 15.5. The highest BCUT2D eigenvalue weighted by atomic mass is 16.7. The summed E-state index contributed by atoms with van der Waals surface area (Å²) >= 11 is 0. The molecule has 1 heterocycles. The third kappa shape index (κ3) is 3.68. The standard InChI is InChI=1S/C17H24BNO2/c1-16(2)17(3,4)21-18(20-16)15-11-9-14(10-12-15)8-6-7-13-19-5/h9-12,19H,7,13H2,1-5H3. The van der Waals surface area contributed by atoms with Crippen LogP contribution >= 0.6 is 0 Å². The Kier molecular flexibility index (Phi) is 4.78. The van der Waals surface area contributed by atoms with Crippen molar-refractivity contribution >= 4 is 12.6 Å². The molecule has 0 aliphatic carbocycles. The molecule has 0 aromatic heterocycles. The lowest BCUT2D eigenvalue weighted by atomic mass is 9.79. The summed E-state index contributed by atoms with van der Waals surface area (Å²) in [4.78, 5) is 0. The Morgan fingerprint density at radius 2 is 1.62 bits per heavy atom. The summed E-state index contributed by atoms with van der Waals surface area (Å²) in [6.45, 7) is 9.17. The van der Waals surface area contributed by atoms with Gasteiger partial charge in [-0.3, -0.25) is 0 Å². The Bertz CT molecular complexity index is 524. The fourth-order valence-electron chi connectivity index (χ4n) is 2.05. The average Bonchev–Trinajstić information content (AvgIpc) is 2.64. The molecule has 0 unspecified atom stereocenters. The van der Waals surface area contributed by atoms with Crippen molar-refractivity contribution in [1.29, 1.82) is 0 Å². The van der Waals surface area contributed by atoms with Crippen LogP contribution in [0.15, 0.2) is 24.3 Å². The van der Waals surface area contributed by atoms with E-state index in [2.05, 4.69) is 44.9 Å². The summed E-state index contributed by atoms with van der Waals surface area (Å²) in [5, 5.41) is 3.08. The highest BCUT2D eigenvalue weighted by Crippen LogP contribution is 2.36. The van der Waals surface area contributed by atoms with Crippen LogP contribution < -0.4 is 10.8 Å². The van der Waals surface area contributed by atoms with Crippen molar-refractivity contribution in [3.05, 3.63) is 29.8 Å². The Labute approximate surface area is 128 Å². The molecule has 0 saturated carbocycles. The maximum Gasteiger partial charge on any atom is 0.494 e. The zero-order valence-electron chi connectivity index (χ0n) is 13.6. The number of hydrogen-bond acceptors (Lipinski definition) is 3. The number of benzene rings is 1. The van der Waals surface area contributed by atoms with Gasteiger partial charge >= 0.3 is 7.12 Å². The predicted molar refractivity (Wildman–Crippen MR) is 87.6 cm³/mol. The molecule has 0 amide bonds. The molecule has 3 nitrogen and oxygen atoms in total. The van der Waals surface area contributed by atoms with E-state index in [4.69, 9.17) is 9.31 Å². The summed E-state index contributed by atoms with van der Waals surface area (Å²) in [5.74, 6) is 6.30. The van der Waals surface area contributed by atoms with Crippen molar-refractivity contribution in [3.63, 3.8) is 0 Å². The summed E-state index contributed by atoms with van der Waals surface area (Å²) < 4.78 is 12.1. The van der Waals surface area contributed by atoms with Gasteiger partial charge in [0, 0.05) is 18.5 Å². The van der Waals surface area contributed by atoms with E-state index in [1.165, 1.54) is 0 Å². The van der Waals surface area contributed by atoms with E-state index >= 15 is 0 Å². The van der Waals surface area contributed by atoms with Crippen LogP contribution in [0.3, 0.4) is 0 Å². The van der Waals surface area contributed by atoms with Crippen LogP contribution in [-0.4, -0.2) is 31.9 Å². The molecule has 1 N–H and O–H groups in total. The van der Waals surface area contributed by atoms with E-state index in [1.807, 2.05) is 31.3 Å². The summed E-state index contributed by atoms with van der Waals surface area (Å²) in [6, 6.07) is 8.11. The van der Waals surface area contributed by atoms with Gasteiger partial charge in [-0.25, -0.2) is 0 Å². The molecule has 0 bridgehead atoms. The monoisotopic (exact) mass is 285 g/mol. The molecule has 1 saturated heterocycles. The molecular formula is C17H24BNO2. The molecule has 2 rings (SSSR count). The summed E-state index contributed by atoms with van der Waals surface area (Å²) in [5.41, 5.74) is 1.45. The second kappa shape index (κ2) is 6.23. The smallest absolute Gasteiger partial charge is 0.399 e. The average molecular weight is 285 g/mol. The molecule has 1 aromatic carbocycles. The van der Waals surface area contributed by atoms with Gasteiger partial charge in [0.1, 0.15) is 0 Å². The minimum Gasteiger partial charge on any atom is -0.399 e. The maximum atomic E-state index is 6.04. The quantitative estimate of drug-likeness (QED) is 0.523. The lowest BCUT2D eigenvalue weighted by Gasteiger charge is -2.32. The molecular weight excluding hydrogens is 261 g/mol. The van der Waals surface area contributed by atoms with Crippen LogP contribution in [0.2, 0.25) is 0 Å². The predicted octanol–water partition coefficient (Wildman–Crippen LogP) is 1.95. The van der Waals surface area contributed by atoms with E-state index in [0.717, 1.165) is 24.0 Å².